The van der Waals surface area contributed by atoms with Gasteiger partial charge in [0.2, 0.25) is 0 Å². The molecule has 1 amide bonds. The van der Waals surface area contributed by atoms with E-state index in [1.54, 1.807) is 19.6 Å². The molecule has 2 aromatic heterocycles. The number of benzene rings is 2. The molecule has 1 N–H and O–H groups in total. The number of aryl methyl sites for hydroxylation is 2. The average Bonchev–Trinajstić information content (AvgIpc) is 2.99. The van der Waals surface area contributed by atoms with E-state index in [1.807, 2.05) is 42.5 Å². The predicted octanol–water partition coefficient (Wildman–Crippen LogP) is 7.31. The van der Waals surface area contributed by atoms with Gasteiger partial charge in [0.1, 0.15) is 12.1 Å². The molecule has 200 valence electrons. The molecule has 0 aliphatic heterocycles. The highest BCUT2D eigenvalue weighted by Gasteiger charge is 2.19. The molecule has 1 aliphatic rings. The summed E-state index contributed by atoms with van der Waals surface area (Å²) in [4.78, 5) is 27.0. The van der Waals surface area contributed by atoms with Gasteiger partial charge in [0, 0.05) is 29.4 Å². The number of rotatable bonds is 8. The van der Waals surface area contributed by atoms with Crippen molar-refractivity contribution in [3.63, 3.8) is 0 Å². The number of nitrogens with one attached hydrogen (secondary N) is 1. The van der Waals surface area contributed by atoms with E-state index in [-0.39, 0.29) is 5.91 Å². The van der Waals surface area contributed by atoms with Crippen molar-refractivity contribution in [1.82, 2.24) is 15.0 Å². The van der Waals surface area contributed by atoms with Crippen molar-refractivity contribution in [3.8, 4) is 17.0 Å². The minimum Gasteiger partial charge on any atom is -0.495 e. The third kappa shape index (κ3) is 6.17. The molecule has 0 spiro atoms. The maximum atomic E-state index is 13.4. The van der Waals surface area contributed by atoms with Gasteiger partial charge in [0.05, 0.1) is 24.2 Å². The fraction of sp³-hybridized carbons (Fsp3) is 0.333. The predicted molar refractivity (Wildman–Crippen MR) is 155 cm³/mol. The molecule has 4 aromatic rings. The van der Waals surface area contributed by atoms with Crippen LogP contribution in [0.3, 0.4) is 0 Å². The molecule has 6 nitrogen and oxygen atoms in total. The minimum absolute atomic E-state index is 0.153. The third-order valence-electron chi connectivity index (χ3n) is 7.77. The van der Waals surface area contributed by atoms with Crippen LogP contribution in [0, 0.1) is 6.92 Å². The normalized spacial score (nSPS) is 13.7. The monoisotopic (exact) mass is 520 g/mol. The van der Waals surface area contributed by atoms with Crippen LogP contribution >= 0.6 is 0 Å². The zero-order valence-corrected chi connectivity index (χ0v) is 23.0. The van der Waals surface area contributed by atoms with Crippen molar-refractivity contribution in [2.45, 2.75) is 64.7 Å². The molecule has 0 radical (unpaired) electrons. The van der Waals surface area contributed by atoms with Crippen LogP contribution in [0.15, 0.2) is 67.1 Å². The SMILES string of the molecule is CCc1cc(-c2cccnc2Cc2cc(C(=O)Nc3cc(C4CCCCC4)ccc3OC)ccc2C)ncn1. The first kappa shape index (κ1) is 26.5. The number of nitrogens with zero attached hydrogens (tertiary/aromatic N) is 3. The zero-order valence-electron chi connectivity index (χ0n) is 23.0. The molecule has 0 bridgehead atoms. The van der Waals surface area contributed by atoms with E-state index in [4.69, 9.17) is 4.74 Å². The summed E-state index contributed by atoms with van der Waals surface area (Å²) < 4.78 is 5.58. The van der Waals surface area contributed by atoms with Gasteiger partial charge in [-0.2, -0.15) is 0 Å². The Kier molecular flexibility index (Phi) is 8.30. The van der Waals surface area contributed by atoms with Gasteiger partial charge < -0.3 is 10.1 Å². The van der Waals surface area contributed by atoms with E-state index < -0.39 is 0 Å². The van der Waals surface area contributed by atoms with Gasteiger partial charge in [0.25, 0.3) is 5.91 Å². The maximum absolute atomic E-state index is 13.4. The van der Waals surface area contributed by atoms with Crippen molar-refractivity contribution < 1.29 is 9.53 Å². The molecular weight excluding hydrogens is 484 g/mol. The number of ether oxygens (including phenoxy) is 1. The lowest BCUT2D eigenvalue weighted by Crippen LogP contribution is -2.14. The molecule has 0 atom stereocenters. The first-order valence-electron chi connectivity index (χ1n) is 13.9. The van der Waals surface area contributed by atoms with E-state index in [1.165, 1.54) is 37.7 Å². The van der Waals surface area contributed by atoms with E-state index >= 15 is 0 Å². The van der Waals surface area contributed by atoms with E-state index in [0.29, 0.717) is 23.7 Å². The lowest BCUT2D eigenvalue weighted by molar-refractivity contribution is 0.102. The molecule has 2 heterocycles. The quantitative estimate of drug-likeness (QED) is 0.264. The lowest BCUT2D eigenvalue weighted by Gasteiger charge is -2.23. The molecule has 0 saturated heterocycles. The van der Waals surface area contributed by atoms with Gasteiger partial charge in [-0.15, -0.1) is 0 Å². The molecule has 1 saturated carbocycles. The number of anilines is 1. The second-order valence-corrected chi connectivity index (χ2v) is 10.3. The maximum Gasteiger partial charge on any atom is 0.255 e. The zero-order chi connectivity index (χ0) is 27.2. The number of hydrogen-bond acceptors (Lipinski definition) is 5. The minimum atomic E-state index is -0.153. The Balaban J connectivity index is 1.40. The number of aromatic nitrogens is 3. The molecule has 1 fully saturated rings. The van der Waals surface area contributed by atoms with Crippen LogP contribution in [0.5, 0.6) is 5.75 Å². The van der Waals surface area contributed by atoms with Gasteiger partial charge in [-0.3, -0.25) is 9.78 Å². The average molecular weight is 521 g/mol. The van der Waals surface area contributed by atoms with Crippen LogP contribution in [0.25, 0.3) is 11.3 Å². The fourth-order valence-electron chi connectivity index (χ4n) is 5.44. The standard InChI is InChI=1S/C33H36N4O2/c1-4-27-20-30(36-21-35-27)28-11-8-16-34-29(28)19-26-17-25(13-12-22(26)2)33(38)37-31-18-24(14-15-32(31)39-3)23-9-6-5-7-10-23/h8,11-18,20-21,23H,4-7,9-10,19H2,1-3H3,(H,37,38). The second kappa shape index (κ2) is 12.2. The Morgan fingerprint density at radius 1 is 1.00 bits per heavy atom. The highest BCUT2D eigenvalue weighted by Crippen LogP contribution is 2.36. The first-order valence-corrected chi connectivity index (χ1v) is 13.9. The first-order chi connectivity index (χ1) is 19.1. The third-order valence-corrected chi connectivity index (χ3v) is 7.77. The van der Waals surface area contributed by atoms with E-state index in [0.717, 1.165) is 45.9 Å². The Hall–Kier alpha value is -4.06. The number of carbonyl (C=O) groups is 1. The van der Waals surface area contributed by atoms with Crippen LogP contribution < -0.4 is 10.1 Å². The Bertz CT molecular complexity index is 1460. The summed E-state index contributed by atoms with van der Waals surface area (Å²) in [6, 6.07) is 18.0. The van der Waals surface area contributed by atoms with Gasteiger partial charge in [0.15, 0.2) is 0 Å². The molecule has 1 aliphatic carbocycles. The van der Waals surface area contributed by atoms with Crippen molar-refractivity contribution in [2.75, 3.05) is 12.4 Å². The molecule has 6 heteroatoms. The number of hydrogen-bond donors (Lipinski definition) is 1. The van der Waals surface area contributed by atoms with Gasteiger partial charge >= 0.3 is 0 Å². The highest BCUT2D eigenvalue weighted by atomic mass is 16.5. The Morgan fingerprint density at radius 3 is 2.64 bits per heavy atom. The highest BCUT2D eigenvalue weighted by molar-refractivity contribution is 6.05. The van der Waals surface area contributed by atoms with Crippen molar-refractivity contribution in [2.24, 2.45) is 0 Å². The van der Waals surface area contributed by atoms with Crippen LogP contribution in [-0.2, 0) is 12.8 Å². The smallest absolute Gasteiger partial charge is 0.255 e. The summed E-state index contributed by atoms with van der Waals surface area (Å²) in [7, 11) is 1.64. The summed E-state index contributed by atoms with van der Waals surface area (Å²) in [6.07, 6.45) is 11.1. The van der Waals surface area contributed by atoms with Gasteiger partial charge in [-0.05, 0) is 91.3 Å². The number of amides is 1. The summed E-state index contributed by atoms with van der Waals surface area (Å²) >= 11 is 0. The van der Waals surface area contributed by atoms with Gasteiger partial charge in [-0.1, -0.05) is 38.3 Å². The molecule has 0 unspecified atom stereocenters. The van der Waals surface area contributed by atoms with Crippen molar-refractivity contribution in [3.05, 3.63) is 101 Å². The van der Waals surface area contributed by atoms with Crippen LogP contribution in [0.1, 0.15) is 83.4 Å². The second-order valence-electron chi connectivity index (χ2n) is 10.3. The molecule has 39 heavy (non-hydrogen) atoms. The molecule has 2 aromatic carbocycles. The van der Waals surface area contributed by atoms with Crippen LogP contribution in [0.2, 0.25) is 0 Å². The van der Waals surface area contributed by atoms with Crippen LogP contribution in [0.4, 0.5) is 5.69 Å². The lowest BCUT2D eigenvalue weighted by atomic mass is 9.84. The van der Waals surface area contributed by atoms with Gasteiger partial charge in [-0.25, -0.2) is 9.97 Å². The summed E-state index contributed by atoms with van der Waals surface area (Å²) in [5.74, 6) is 1.06. The van der Waals surface area contributed by atoms with Crippen molar-refractivity contribution >= 4 is 11.6 Å². The van der Waals surface area contributed by atoms with Crippen molar-refractivity contribution in [1.29, 1.82) is 0 Å². The number of carbonyl (C=O) groups excluding carboxylic acids is 1. The van der Waals surface area contributed by atoms with E-state index in [2.05, 4.69) is 46.2 Å². The van der Waals surface area contributed by atoms with E-state index in [9.17, 15) is 4.79 Å². The Labute approximate surface area is 230 Å². The molecular formula is C33H36N4O2. The van der Waals surface area contributed by atoms with Crippen LogP contribution in [-0.4, -0.2) is 28.0 Å². The Morgan fingerprint density at radius 2 is 1.85 bits per heavy atom. The largest absolute Gasteiger partial charge is 0.495 e. The molecule has 5 rings (SSSR count). The summed E-state index contributed by atoms with van der Waals surface area (Å²) in [6.45, 7) is 4.15. The number of methoxy groups -OCH3 is 1. The fourth-order valence-corrected chi connectivity index (χ4v) is 5.44. The summed E-state index contributed by atoms with van der Waals surface area (Å²) in [5.41, 5.74) is 8.51. The number of pyridine rings is 1. The summed E-state index contributed by atoms with van der Waals surface area (Å²) in [5, 5.41) is 3.12. The topological polar surface area (TPSA) is 77.0 Å².